The van der Waals surface area contributed by atoms with Gasteiger partial charge in [0.05, 0.1) is 11.9 Å². The third kappa shape index (κ3) is 5.45. The highest BCUT2D eigenvalue weighted by Gasteiger charge is 2.22. The van der Waals surface area contributed by atoms with Gasteiger partial charge < -0.3 is 10.2 Å². The first kappa shape index (κ1) is 20.6. The molecule has 6 nitrogen and oxygen atoms in total. The first-order chi connectivity index (χ1) is 13.4. The summed E-state index contributed by atoms with van der Waals surface area (Å²) in [6.45, 7) is 3.59. The van der Waals surface area contributed by atoms with Crippen LogP contribution in [0.5, 0.6) is 0 Å². The molecule has 1 saturated heterocycles. The Hall–Kier alpha value is -2.12. The maximum atomic E-state index is 12.4. The molecule has 1 N–H and O–H groups in total. The van der Waals surface area contributed by atoms with Gasteiger partial charge in [0.15, 0.2) is 0 Å². The number of piperidine rings is 1. The SMILES string of the molecule is CS(=O)(=O)N(CC(=O)NCCCN1CCCCC1)c1cccc2ccccc12. The lowest BCUT2D eigenvalue weighted by Gasteiger charge is -2.26. The topological polar surface area (TPSA) is 69.7 Å². The number of hydrogen-bond acceptors (Lipinski definition) is 4. The molecule has 28 heavy (non-hydrogen) atoms. The molecule has 1 heterocycles. The quantitative estimate of drug-likeness (QED) is 0.688. The zero-order valence-electron chi connectivity index (χ0n) is 16.4. The Morgan fingerprint density at radius 1 is 1.07 bits per heavy atom. The molecule has 1 amide bonds. The van der Waals surface area contributed by atoms with Gasteiger partial charge in [-0.1, -0.05) is 42.8 Å². The third-order valence-electron chi connectivity index (χ3n) is 5.14. The van der Waals surface area contributed by atoms with Crippen LogP contribution >= 0.6 is 0 Å². The van der Waals surface area contributed by atoms with Gasteiger partial charge in [-0.25, -0.2) is 8.42 Å². The van der Waals surface area contributed by atoms with Gasteiger partial charge in [0.25, 0.3) is 0 Å². The van der Waals surface area contributed by atoms with Crippen LogP contribution in [0.3, 0.4) is 0 Å². The molecule has 0 saturated carbocycles. The fraction of sp³-hybridized carbons (Fsp3) is 0.476. The summed E-state index contributed by atoms with van der Waals surface area (Å²) in [4.78, 5) is 14.9. The lowest BCUT2D eigenvalue weighted by molar-refractivity contribution is -0.119. The predicted octanol–water partition coefficient (Wildman–Crippen LogP) is 2.60. The predicted molar refractivity (Wildman–Crippen MR) is 114 cm³/mol. The summed E-state index contributed by atoms with van der Waals surface area (Å²) in [5.74, 6) is -0.281. The highest BCUT2D eigenvalue weighted by molar-refractivity contribution is 7.92. The zero-order chi connectivity index (χ0) is 20.0. The van der Waals surface area contributed by atoms with Gasteiger partial charge >= 0.3 is 0 Å². The van der Waals surface area contributed by atoms with Crippen molar-refractivity contribution in [1.82, 2.24) is 10.2 Å². The molecule has 0 unspecified atom stereocenters. The second kappa shape index (κ2) is 9.39. The van der Waals surface area contributed by atoms with E-state index in [0.29, 0.717) is 12.2 Å². The number of benzene rings is 2. The van der Waals surface area contributed by atoms with Crippen LogP contribution in [0.15, 0.2) is 42.5 Å². The second-order valence-electron chi connectivity index (χ2n) is 7.37. The van der Waals surface area contributed by atoms with E-state index in [1.165, 1.54) is 23.6 Å². The molecule has 152 valence electrons. The lowest BCUT2D eigenvalue weighted by atomic mass is 10.1. The van der Waals surface area contributed by atoms with E-state index in [4.69, 9.17) is 0 Å². The van der Waals surface area contributed by atoms with Crippen LogP contribution < -0.4 is 9.62 Å². The minimum Gasteiger partial charge on any atom is -0.354 e. The van der Waals surface area contributed by atoms with Crippen molar-refractivity contribution < 1.29 is 13.2 Å². The zero-order valence-corrected chi connectivity index (χ0v) is 17.2. The van der Waals surface area contributed by atoms with Crippen LogP contribution in [0.25, 0.3) is 10.8 Å². The Balaban J connectivity index is 1.62. The normalized spacial score (nSPS) is 15.5. The van der Waals surface area contributed by atoms with Crippen LogP contribution in [-0.4, -0.2) is 58.2 Å². The Kier molecular flexibility index (Phi) is 6.91. The van der Waals surface area contributed by atoms with Crippen molar-refractivity contribution in [1.29, 1.82) is 0 Å². The molecule has 0 atom stereocenters. The van der Waals surface area contributed by atoms with Crippen molar-refractivity contribution in [3.8, 4) is 0 Å². The van der Waals surface area contributed by atoms with Gasteiger partial charge in [-0.15, -0.1) is 0 Å². The average Bonchev–Trinajstić information content (AvgIpc) is 2.69. The fourth-order valence-electron chi connectivity index (χ4n) is 3.71. The standard InChI is InChI=1S/C21H29N3O3S/c1-28(26,27)24(20-12-7-10-18-9-3-4-11-19(18)20)17-21(25)22-13-8-16-23-14-5-2-6-15-23/h3-4,7,9-12H,2,5-6,8,13-17H2,1H3,(H,22,25). The minimum atomic E-state index is -3.59. The van der Waals surface area contributed by atoms with Crippen LogP contribution in [-0.2, 0) is 14.8 Å². The van der Waals surface area contributed by atoms with Crippen LogP contribution in [0.4, 0.5) is 5.69 Å². The first-order valence-electron chi connectivity index (χ1n) is 9.90. The Labute approximate surface area is 167 Å². The number of carbonyl (C=O) groups excluding carboxylic acids is 1. The van der Waals surface area contributed by atoms with Gasteiger partial charge in [0, 0.05) is 11.9 Å². The molecular formula is C21H29N3O3S. The summed E-state index contributed by atoms with van der Waals surface area (Å²) in [6.07, 6.45) is 5.82. The van der Waals surface area contributed by atoms with Gasteiger partial charge in [-0.05, 0) is 50.3 Å². The van der Waals surface area contributed by atoms with Crippen molar-refractivity contribution in [3.05, 3.63) is 42.5 Å². The van der Waals surface area contributed by atoms with E-state index in [0.717, 1.165) is 43.1 Å². The second-order valence-corrected chi connectivity index (χ2v) is 9.28. The van der Waals surface area contributed by atoms with E-state index in [-0.39, 0.29) is 12.5 Å². The fourth-order valence-corrected chi connectivity index (χ4v) is 4.57. The van der Waals surface area contributed by atoms with E-state index in [1.54, 1.807) is 6.07 Å². The molecule has 1 aliphatic rings. The van der Waals surface area contributed by atoms with Crippen LogP contribution in [0, 0.1) is 0 Å². The number of likely N-dealkylation sites (tertiary alicyclic amines) is 1. The number of nitrogens with one attached hydrogen (secondary N) is 1. The van der Waals surface area contributed by atoms with Gasteiger partial charge in [0.2, 0.25) is 15.9 Å². The van der Waals surface area contributed by atoms with E-state index in [2.05, 4.69) is 10.2 Å². The largest absolute Gasteiger partial charge is 0.354 e. The summed E-state index contributed by atoms with van der Waals surface area (Å²) in [5.41, 5.74) is 0.532. The van der Waals surface area contributed by atoms with E-state index >= 15 is 0 Å². The summed E-state index contributed by atoms with van der Waals surface area (Å²) >= 11 is 0. The smallest absolute Gasteiger partial charge is 0.240 e. The summed E-state index contributed by atoms with van der Waals surface area (Å²) in [7, 11) is -3.59. The number of nitrogens with zero attached hydrogens (tertiary/aromatic N) is 2. The Morgan fingerprint density at radius 3 is 2.54 bits per heavy atom. The van der Waals surface area contributed by atoms with Crippen LogP contribution in [0.1, 0.15) is 25.7 Å². The molecule has 2 aromatic rings. The monoisotopic (exact) mass is 403 g/mol. The summed E-state index contributed by atoms with van der Waals surface area (Å²) < 4.78 is 26.0. The number of hydrogen-bond donors (Lipinski definition) is 1. The Morgan fingerprint density at radius 2 is 1.79 bits per heavy atom. The van der Waals surface area contributed by atoms with Crippen molar-refractivity contribution in [2.45, 2.75) is 25.7 Å². The molecule has 1 aliphatic heterocycles. The van der Waals surface area contributed by atoms with Crippen LogP contribution in [0.2, 0.25) is 0 Å². The molecule has 7 heteroatoms. The van der Waals surface area contributed by atoms with Crippen molar-refractivity contribution in [2.24, 2.45) is 0 Å². The lowest BCUT2D eigenvalue weighted by Crippen LogP contribution is -2.41. The number of fused-ring (bicyclic) bond motifs is 1. The van der Waals surface area contributed by atoms with E-state index in [1.807, 2.05) is 36.4 Å². The Bertz CT molecular complexity index is 903. The maximum absolute atomic E-state index is 12.4. The maximum Gasteiger partial charge on any atom is 0.240 e. The van der Waals surface area contributed by atoms with Gasteiger partial charge in [-0.2, -0.15) is 0 Å². The van der Waals surface area contributed by atoms with E-state index in [9.17, 15) is 13.2 Å². The highest BCUT2D eigenvalue weighted by atomic mass is 32.2. The highest BCUT2D eigenvalue weighted by Crippen LogP contribution is 2.28. The number of rotatable bonds is 8. The third-order valence-corrected chi connectivity index (χ3v) is 6.27. The summed E-state index contributed by atoms with van der Waals surface area (Å²) in [6, 6.07) is 13.1. The molecular weight excluding hydrogens is 374 g/mol. The molecule has 0 spiro atoms. The molecule has 0 bridgehead atoms. The van der Waals surface area contributed by atoms with Crippen molar-refractivity contribution in [2.75, 3.05) is 43.3 Å². The molecule has 1 fully saturated rings. The van der Waals surface area contributed by atoms with Crippen molar-refractivity contribution >= 4 is 32.4 Å². The average molecular weight is 404 g/mol. The number of anilines is 1. The molecule has 0 radical (unpaired) electrons. The first-order valence-corrected chi connectivity index (χ1v) is 11.7. The number of sulfonamides is 1. The molecule has 0 aromatic heterocycles. The van der Waals surface area contributed by atoms with Gasteiger partial charge in [0.1, 0.15) is 6.54 Å². The van der Waals surface area contributed by atoms with Gasteiger partial charge in [-0.3, -0.25) is 9.10 Å². The summed E-state index contributed by atoms with van der Waals surface area (Å²) in [5, 5.41) is 4.62. The molecule has 0 aliphatic carbocycles. The minimum absolute atomic E-state index is 0.212. The number of carbonyl (C=O) groups is 1. The van der Waals surface area contributed by atoms with E-state index < -0.39 is 10.0 Å². The number of amides is 1. The molecule has 3 rings (SSSR count). The molecule has 2 aromatic carbocycles. The van der Waals surface area contributed by atoms with Crippen molar-refractivity contribution in [3.63, 3.8) is 0 Å².